The third-order valence-electron chi connectivity index (χ3n) is 2.65. The van der Waals surface area contributed by atoms with Gasteiger partial charge >= 0.3 is 11.8 Å². The van der Waals surface area contributed by atoms with E-state index < -0.39 is 24.8 Å². The summed E-state index contributed by atoms with van der Waals surface area (Å²) in [6.45, 7) is 9.04. The van der Waals surface area contributed by atoms with Crippen LogP contribution in [0.1, 0.15) is 17.4 Å². The normalized spacial score (nSPS) is 11.4. The van der Waals surface area contributed by atoms with Gasteiger partial charge in [0.2, 0.25) is 0 Å². The molecular formula is C12H21N3O5Si. The molecule has 118 valence electrons. The third kappa shape index (κ3) is 5.64. The average molecular weight is 315 g/mol. The van der Waals surface area contributed by atoms with Crippen LogP contribution in [0.25, 0.3) is 0 Å². The highest BCUT2D eigenvalue weighted by Crippen LogP contribution is 2.14. The molecule has 0 bridgehead atoms. The molecule has 1 aromatic rings. The van der Waals surface area contributed by atoms with Gasteiger partial charge in [0.25, 0.3) is 0 Å². The van der Waals surface area contributed by atoms with Gasteiger partial charge in [0.1, 0.15) is 0 Å². The molecule has 0 aliphatic heterocycles. The maximum absolute atomic E-state index is 11.7. The van der Waals surface area contributed by atoms with E-state index in [4.69, 9.17) is 9.47 Å². The van der Waals surface area contributed by atoms with Crippen LogP contribution in [-0.4, -0.2) is 42.0 Å². The lowest BCUT2D eigenvalue weighted by Crippen LogP contribution is -2.22. The zero-order chi connectivity index (χ0) is 16.0. The Morgan fingerprint density at radius 3 is 2.67 bits per heavy atom. The molecule has 1 aromatic heterocycles. The highest BCUT2D eigenvalue weighted by atomic mass is 28.3. The summed E-state index contributed by atoms with van der Waals surface area (Å²) >= 11 is 0. The standard InChI is InChI=1S/C12H21N3O5Si/c1-5-20-12(16)10-8-11(15(17)18)13-14(10)9-19-6-7-21(2,3)4/h8H,5-7,9H2,1-4H3. The van der Waals surface area contributed by atoms with Gasteiger partial charge in [-0.3, -0.25) is 0 Å². The third-order valence-corrected chi connectivity index (χ3v) is 4.35. The van der Waals surface area contributed by atoms with E-state index in [1.54, 1.807) is 6.92 Å². The van der Waals surface area contributed by atoms with E-state index in [1.165, 1.54) is 4.68 Å². The Bertz CT molecular complexity index is 509. The highest BCUT2D eigenvalue weighted by molar-refractivity contribution is 6.76. The topological polar surface area (TPSA) is 96.5 Å². The minimum Gasteiger partial charge on any atom is -0.461 e. The number of hydrogen-bond donors (Lipinski definition) is 0. The molecule has 1 rings (SSSR count). The molecule has 0 saturated heterocycles. The summed E-state index contributed by atoms with van der Waals surface area (Å²) in [6.07, 6.45) is 0. The van der Waals surface area contributed by atoms with Gasteiger partial charge in [0.15, 0.2) is 12.4 Å². The Hall–Kier alpha value is -1.74. The van der Waals surface area contributed by atoms with E-state index in [1.807, 2.05) is 0 Å². The van der Waals surface area contributed by atoms with Crippen molar-refractivity contribution < 1.29 is 19.2 Å². The molecule has 0 atom stereocenters. The number of hydrogen-bond acceptors (Lipinski definition) is 6. The molecule has 0 radical (unpaired) electrons. The summed E-state index contributed by atoms with van der Waals surface area (Å²) in [5.74, 6) is -1.04. The minimum atomic E-state index is -1.21. The van der Waals surface area contributed by atoms with Gasteiger partial charge in [0.05, 0.1) is 17.8 Å². The summed E-state index contributed by atoms with van der Waals surface area (Å²) in [6, 6.07) is 2.06. The number of aromatic nitrogens is 2. The quantitative estimate of drug-likeness (QED) is 0.240. The fourth-order valence-corrected chi connectivity index (χ4v) is 2.25. The number of rotatable bonds is 8. The maximum atomic E-state index is 11.7. The second-order valence-corrected chi connectivity index (χ2v) is 11.3. The number of nitro groups is 1. The first kappa shape index (κ1) is 17.3. The summed E-state index contributed by atoms with van der Waals surface area (Å²) < 4.78 is 11.5. The molecule has 0 unspecified atom stereocenters. The fourth-order valence-electron chi connectivity index (χ4n) is 1.49. The predicted octanol–water partition coefficient (Wildman–Crippen LogP) is 2.28. The first-order chi connectivity index (χ1) is 9.74. The first-order valence-corrected chi connectivity index (χ1v) is 10.4. The van der Waals surface area contributed by atoms with Crippen LogP contribution in [0.5, 0.6) is 0 Å². The van der Waals surface area contributed by atoms with Gasteiger partial charge in [-0.25, -0.2) is 4.79 Å². The van der Waals surface area contributed by atoms with Crippen molar-refractivity contribution in [2.45, 2.75) is 39.3 Å². The van der Waals surface area contributed by atoms with Gasteiger partial charge in [-0.2, -0.15) is 0 Å². The van der Waals surface area contributed by atoms with Gasteiger partial charge in [0, 0.05) is 14.7 Å². The predicted molar refractivity (Wildman–Crippen MR) is 78.9 cm³/mol. The average Bonchev–Trinajstić information content (AvgIpc) is 2.78. The van der Waals surface area contributed by atoms with Crippen molar-refractivity contribution in [2.24, 2.45) is 0 Å². The second-order valence-electron chi connectivity index (χ2n) is 5.71. The van der Waals surface area contributed by atoms with Crippen LogP contribution in [0.4, 0.5) is 5.82 Å². The molecule has 0 N–H and O–H groups in total. The number of esters is 1. The van der Waals surface area contributed by atoms with Crippen LogP contribution in [0, 0.1) is 10.1 Å². The lowest BCUT2D eigenvalue weighted by molar-refractivity contribution is -0.389. The van der Waals surface area contributed by atoms with Crippen molar-refractivity contribution in [3.63, 3.8) is 0 Å². The Labute approximate surface area is 124 Å². The lowest BCUT2D eigenvalue weighted by atomic mass is 10.4. The van der Waals surface area contributed by atoms with E-state index >= 15 is 0 Å². The summed E-state index contributed by atoms with van der Waals surface area (Å²) in [5.41, 5.74) is 0.0246. The van der Waals surface area contributed by atoms with Crippen LogP contribution in [0.2, 0.25) is 25.7 Å². The number of carbonyl (C=O) groups excluding carboxylic acids is 1. The highest BCUT2D eigenvalue weighted by Gasteiger charge is 2.24. The number of ether oxygens (including phenoxy) is 2. The monoisotopic (exact) mass is 315 g/mol. The van der Waals surface area contributed by atoms with E-state index in [0.717, 1.165) is 12.1 Å². The molecule has 9 heteroatoms. The number of nitrogens with zero attached hydrogens (tertiary/aromatic N) is 3. The molecule has 0 amide bonds. The van der Waals surface area contributed by atoms with Crippen LogP contribution in [0.15, 0.2) is 6.07 Å². The zero-order valence-corrected chi connectivity index (χ0v) is 13.8. The molecule has 0 fully saturated rings. The SMILES string of the molecule is CCOC(=O)c1cc([N+](=O)[O-])nn1COCC[Si](C)(C)C. The van der Waals surface area contributed by atoms with Gasteiger partial charge in [-0.1, -0.05) is 19.6 Å². The molecule has 0 aliphatic carbocycles. The van der Waals surface area contributed by atoms with E-state index in [0.29, 0.717) is 6.61 Å². The van der Waals surface area contributed by atoms with Crippen LogP contribution >= 0.6 is 0 Å². The molecule has 21 heavy (non-hydrogen) atoms. The molecular weight excluding hydrogens is 294 g/mol. The van der Waals surface area contributed by atoms with E-state index in [2.05, 4.69) is 24.7 Å². The fraction of sp³-hybridized carbons (Fsp3) is 0.667. The number of carbonyl (C=O) groups is 1. The lowest BCUT2D eigenvalue weighted by Gasteiger charge is -2.15. The molecule has 0 aromatic carbocycles. The van der Waals surface area contributed by atoms with E-state index in [9.17, 15) is 14.9 Å². The molecule has 0 saturated carbocycles. The van der Waals surface area contributed by atoms with Crippen molar-refractivity contribution in [2.75, 3.05) is 13.2 Å². The van der Waals surface area contributed by atoms with Gasteiger partial charge in [-0.05, 0) is 17.9 Å². The maximum Gasteiger partial charge on any atom is 0.390 e. The zero-order valence-electron chi connectivity index (χ0n) is 12.8. The Balaban J connectivity index is 2.74. The molecule has 0 spiro atoms. The van der Waals surface area contributed by atoms with Crippen LogP contribution < -0.4 is 0 Å². The van der Waals surface area contributed by atoms with Crippen LogP contribution in [0.3, 0.4) is 0 Å². The largest absolute Gasteiger partial charge is 0.461 e. The first-order valence-electron chi connectivity index (χ1n) is 6.71. The molecule has 1 heterocycles. The Kier molecular flexibility index (Phi) is 6.03. The Morgan fingerprint density at radius 2 is 2.14 bits per heavy atom. The molecule has 8 nitrogen and oxygen atoms in total. The van der Waals surface area contributed by atoms with Crippen molar-refractivity contribution >= 4 is 19.9 Å². The Morgan fingerprint density at radius 1 is 1.48 bits per heavy atom. The van der Waals surface area contributed by atoms with Gasteiger partial charge in [-0.15, -0.1) is 4.68 Å². The summed E-state index contributed by atoms with van der Waals surface area (Å²) in [4.78, 5) is 21.8. The second kappa shape index (κ2) is 7.32. The van der Waals surface area contributed by atoms with Crippen molar-refractivity contribution in [1.29, 1.82) is 0 Å². The summed E-state index contributed by atoms with van der Waals surface area (Å²) in [5, 5.41) is 14.5. The van der Waals surface area contributed by atoms with Crippen molar-refractivity contribution in [3.05, 3.63) is 21.9 Å². The van der Waals surface area contributed by atoms with Crippen molar-refractivity contribution in [3.8, 4) is 0 Å². The minimum absolute atomic E-state index is 0.00747. The summed E-state index contributed by atoms with van der Waals surface area (Å²) in [7, 11) is -1.21. The van der Waals surface area contributed by atoms with Crippen molar-refractivity contribution in [1.82, 2.24) is 9.78 Å². The smallest absolute Gasteiger partial charge is 0.390 e. The molecule has 0 aliphatic rings. The van der Waals surface area contributed by atoms with E-state index in [-0.39, 0.29) is 19.0 Å². The van der Waals surface area contributed by atoms with Gasteiger partial charge < -0.3 is 19.6 Å². The van der Waals surface area contributed by atoms with Crippen LogP contribution in [-0.2, 0) is 16.2 Å².